The number of nitrogens with zero attached hydrogens (tertiary/aromatic N) is 2. The van der Waals surface area contributed by atoms with Crippen LogP contribution < -0.4 is 14.9 Å². The van der Waals surface area contributed by atoms with Gasteiger partial charge < -0.3 is 10.6 Å². The lowest BCUT2D eigenvalue weighted by molar-refractivity contribution is 0.102. The molecule has 0 atom stereocenters. The van der Waals surface area contributed by atoms with E-state index in [4.69, 9.17) is 0 Å². The highest BCUT2D eigenvalue weighted by Gasteiger charge is 2.26. The number of hydrogen-bond donors (Lipinski definition) is 2. The van der Waals surface area contributed by atoms with Crippen molar-refractivity contribution in [2.75, 3.05) is 27.7 Å². The van der Waals surface area contributed by atoms with Crippen LogP contribution in [-0.2, 0) is 16.4 Å². The minimum Gasteiger partial charge on any atom is -0.322 e. The number of pyridine rings is 1. The summed E-state index contributed by atoms with van der Waals surface area (Å²) in [5, 5.41) is 5.54. The van der Waals surface area contributed by atoms with E-state index in [0.717, 1.165) is 5.56 Å². The second-order valence-electron chi connectivity index (χ2n) is 7.16. The maximum absolute atomic E-state index is 12.6. The van der Waals surface area contributed by atoms with Crippen LogP contribution in [0.15, 0.2) is 67.0 Å². The van der Waals surface area contributed by atoms with Crippen LogP contribution in [0.1, 0.15) is 26.3 Å². The number of amides is 2. The van der Waals surface area contributed by atoms with Crippen molar-refractivity contribution in [1.29, 1.82) is 0 Å². The van der Waals surface area contributed by atoms with Gasteiger partial charge in [-0.15, -0.1) is 0 Å². The Kier molecular flexibility index (Phi) is 5.43. The molecule has 2 heterocycles. The molecule has 0 aliphatic carbocycles. The summed E-state index contributed by atoms with van der Waals surface area (Å²) in [6.45, 7) is 0.377. The van der Waals surface area contributed by atoms with Crippen molar-refractivity contribution in [3.8, 4) is 0 Å². The van der Waals surface area contributed by atoms with E-state index in [1.807, 2.05) is 0 Å². The summed E-state index contributed by atoms with van der Waals surface area (Å²) in [5.41, 5.74) is 3.45. The van der Waals surface area contributed by atoms with Gasteiger partial charge in [0.15, 0.2) is 0 Å². The topological polar surface area (TPSA) is 108 Å². The van der Waals surface area contributed by atoms with Crippen LogP contribution in [0.3, 0.4) is 0 Å². The number of benzene rings is 2. The van der Waals surface area contributed by atoms with Gasteiger partial charge in [-0.05, 0) is 66.6 Å². The van der Waals surface area contributed by atoms with Crippen molar-refractivity contribution in [3.63, 3.8) is 0 Å². The van der Waals surface area contributed by atoms with Crippen LogP contribution in [0, 0.1) is 0 Å². The summed E-state index contributed by atoms with van der Waals surface area (Å²) in [6, 6.07) is 15.0. The van der Waals surface area contributed by atoms with E-state index in [0.29, 0.717) is 41.2 Å². The molecule has 4 rings (SSSR count). The molecule has 1 aliphatic heterocycles. The number of carbonyl (C=O) groups is 2. The standard InChI is InChI=1S/C22H20N4O4S/c1-31(29,30)26-12-10-16-13-17(6-9-20(16)26)22(28)24-18-7-4-15(5-8-18)21(27)25-19-3-2-11-23-14-19/h2-9,11,13-14H,10,12H2,1H3,(H,24,28)(H,25,27). The predicted octanol–water partition coefficient (Wildman–Crippen LogP) is 2.91. The molecule has 2 aromatic carbocycles. The predicted molar refractivity (Wildman–Crippen MR) is 119 cm³/mol. The molecule has 0 radical (unpaired) electrons. The number of carbonyl (C=O) groups excluding carboxylic acids is 2. The Hall–Kier alpha value is -3.72. The van der Waals surface area contributed by atoms with E-state index < -0.39 is 10.0 Å². The summed E-state index contributed by atoms with van der Waals surface area (Å²) in [6.07, 6.45) is 4.90. The van der Waals surface area contributed by atoms with E-state index in [9.17, 15) is 18.0 Å². The zero-order valence-electron chi connectivity index (χ0n) is 16.7. The van der Waals surface area contributed by atoms with Crippen molar-refractivity contribution in [1.82, 2.24) is 4.98 Å². The molecular weight excluding hydrogens is 416 g/mol. The summed E-state index contributed by atoms with van der Waals surface area (Å²) in [5.74, 6) is -0.590. The molecule has 0 bridgehead atoms. The fraction of sp³-hybridized carbons (Fsp3) is 0.136. The molecular formula is C22H20N4O4S. The second kappa shape index (κ2) is 8.19. The lowest BCUT2D eigenvalue weighted by atomic mass is 10.1. The Morgan fingerprint density at radius 3 is 2.29 bits per heavy atom. The molecule has 9 heteroatoms. The molecule has 1 aromatic heterocycles. The van der Waals surface area contributed by atoms with Gasteiger partial charge in [-0.1, -0.05) is 0 Å². The van der Waals surface area contributed by atoms with Crippen molar-refractivity contribution in [3.05, 3.63) is 83.7 Å². The van der Waals surface area contributed by atoms with Crippen LogP contribution in [0.4, 0.5) is 17.1 Å². The second-order valence-corrected chi connectivity index (χ2v) is 9.06. The third kappa shape index (κ3) is 4.56. The average molecular weight is 436 g/mol. The normalized spacial score (nSPS) is 12.9. The third-order valence-electron chi connectivity index (χ3n) is 4.92. The van der Waals surface area contributed by atoms with Crippen LogP contribution in [-0.4, -0.2) is 38.0 Å². The molecule has 8 nitrogen and oxygen atoms in total. The fourth-order valence-corrected chi connectivity index (χ4v) is 4.36. The number of rotatable bonds is 5. The smallest absolute Gasteiger partial charge is 0.255 e. The highest BCUT2D eigenvalue weighted by atomic mass is 32.2. The highest BCUT2D eigenvalue weighted by Crippen LogP contribution is 2.31. The number of anilines is 3. The molecule has 0 saturated heterocycles. The average Bonchev–Trinajstić information content (AvgIpc) is 3.19. The number of hydrogen-bond acceptors (Lipinski definition) is 5. The Morgan fingerprint density at radius 2 is 1.61 bits per heavy atom. The van der Waals surface area contributed by atoms with E-state index in [1.165, 1.54) is 10.6 Å². The molecule has 0 spiro atoms. The molecule has 3 aromatic rings. The largest absolute Gasteiger partial charge is 0.322 e. The van der Waals surface area contributed by atoms with E-state index in [-0.39, 0.29) is 11.8 Å². The summed E-state index contributed by atoms with van der Waals surface area (Å²) >= 11 is 0. The zero-order valence-corrected chi connectivity index (χ0v) is 17.5. The van der Waals surface area contributed by atoms with Gasteiger partial charge in [0.2, 0.25) is 10.0 Å². The van der Waals surface area contributed by atoms with Gasteiger partial charge in [-0.25, -0.2) is 8.42 Å². The van der Waals surface area contributed by atoms with Gasteiger partial charge in [0.1, 0.15) is 0 Å². The monoisotopic (exact) mass is 436 g/mol. The van der Waals surface area contributed by atoms with Gasteiger partial charge in [0.25, 0.3) is 11.8 Å². The van der Waals surface area contributed by atoms with Crippen molar-refractivity contribution < 1.29 is 18.0 Å². The number of aromatic nitrogens is 1. The van der Waals surface area contributed by atoms with Gasteiger partial charge in [0, 0.05) is 29.6 Å². The zero-order chi connectivity index (χ0) is 22.0. The van der Waals surface area contributed by atoms with Gasteiger partial charge in [-0.3, -0.25) is 18.9 Å². The van der Waals surface area contributed by atoms with Crippen molar-refractivity contribution in [2.24, 2.45) is 0 Å². The Morgan fingerprint density at radius 1 is 0.935 bits per heavy atom. The molecule has 158 valence electrons. The molecule has 2 amide bonds. The maximum Gasteiger partial charge on any atom is 0.255 e. The Labute approximate surface area is 180 Å². The first-order valence-corrected chi connectivity index (χ1v) is 11.4. The number of fused-ring (bicyclic) bond motifs is 1. The molecule has 0 unspecified atom stereocenters. The Bertz CT molecular complexity index is 1240. The summed E-state index contributed by atoms with van der Waals surface area (Å²) in [4.78, 5) is 28.9. The van der Waals surface area contributed by atoms with E-state index in [2.05, 4.69) is 15.6 Å². The van der Waals surface area contributed by atoms with Gasteiger partial charge >= 0.3 is 0 Å². The first-order chi connectivity index (χ1) is 14.8. The van der Waals surface area contributed by atoms with E-state index >= 15 is 0 Å². The summed E-state index contributed by atoms with van der Waals surface area (Å²) in [7, 11) is -3.33. The highest BCUT2D eigenvalue weighted by molar-refractivity contribution is 7.92. The van der Waals surface area contributed by atoms with E-state index in [1.54, 1.807) is 67.0 Å². The molecule has 2 N–H and O–H groups in total. The third-order valence-corrected chi connectivity index (χ3v) is 6.10. The van der Waals surface area contributed by atoms with Gasteiger partial charge in [0.05, 0.1) is 23.8 Å². The first kappa shape index (κ1) is 20.5. The summed E-state index contributed by atoms with van der Waals surface area (Å²) < 4.78 is 25.0. The number of sulfonamides is 1. The first-order valence-electron chi connectivity index (χ1n) is 9.55. The molecule has 0 fully saturated rings. The van der Waals surface area contributed by atoms with Crippen molar-refractivity contribution in [2.45, 2.75) is 6.42 Å². The fourth-order valence-electron chi connectivity index (χ4n) is 3.41. The minimum atomic E-state index is -3.33. The SMILES string of the molecule is CS(=O)(=O)N1CCc2cc(C(=O)Nc3ccc(C(=O)Nc4cccnc4)cc3)ccc21. The maximum atomic E-state index is 12.6. The minimum absolute atomic E-state index is 0.278. The van der Waals surface area contributed by atoms with Gasteiger partial charge in [-0.2, -0.15) is 0 Å². The quantitative estimate of drug-likeness (QED) is 0.639. The van der Waals surface area contributed by atoms with Crippen LogP contribution in [0.2, 0.25) is 0 Å². The van der Waals surface area contributed by atoms with Crippen LogP contribution in [0.5, 0.6) is 0 Å². The molecule has 0 saturated carbocycles. The van der Waals surface area contributed by atoms with Crippen molar-refractivity contribution >= 4 is 38.9 Å². The lowest BCUT2D eigenvalue weighted by Crippen LogP contribution is -2.27. The number of nitrogens with one attached hydrogen (secondary N) is 2. The van der Waals surface area contributed by atoms with Crippen LogP contribution in [0.25, 0.3) is 0 Å². The Balaban J connectivity index is 1.43. The molecule has 1 aliphatic rings. The molecule has 31 heavy (non-hydrogen) atoms. The lowest BCUT2D eigenvalue weighted by Gasteiger charge is -2.16. The van der Waals surface area contributed by atoms with Crippen LogP contribution >= 0.6 is 0 Å².